The summed E-state index contributed by atoms with van der Waals surface area (Å²) in [5, 5.41) is 0.623. The molecule has 0 unspecified atom stereocenters. The number of hydrazine groups is 1. The van der Waals surface area contributed by atoms with Crippen LogP contribution in [-0.2, 0) is 0 Å². The molecule has 0 saturated heterocycles. The zero-order chi connectivity index (χ0) is 6.69. The molecule has 3 N–H and O–H groups in total. The Kier molecular flexibility index (Phi) is 1.87. The summed E-state index contributed by atoms with van der Waals surface area (Å²) in [6.45, 7) is 0. The maximum atomic E-state index is 5.59. The Balaban J connectivity index is 2.94. The Bertz CT molecular complexity index is 201. The largest absolute Gasteiger partial charge is 0.308 e. The molecule has 0 aliphatic heterocycles. The van der Waals surface area contributed by atoms with Crippen molar-refractivity contribution in [1.29, 1.82) is 0 Å². The molecule has 0 aliphatic rings. The van der Waals surface area contributed by atoms with Crippen molar-refractivity contribution in [2.45, 2.75) is 0 Å². The van der Waals surface area contributed by atoms with Gasteiger partial charge in [-0.2, -0.15) is 0 Å². The Hall–Kier alpha value is -0.800. The predicted molar refractivity (Wildman–Crippen MR) is 37.1 cm³/mol. The summed E-state index contributed by atoms with van der Waals surface area (Å²) in [6.07, 6.45) is 1.58. The van der Waals surface area contributed by atoms with Crippen molar-refractivity contribution in [3.8, 4) is 0 Å². The van der Waals surface area contributed by atoms with Crippen molar-refractivity contribution in [3.63, 3.8) is 0 Å². The van der Waals surface area contributed by atoms with Crippen LogP contribution in [0.1, 0.15) is 0 Å². The quantitative estimate of drug-likeness (QED) is 0.456. The van der Waals surface area contributed by atoms with Crippen LogP contribution in [0.3, 0.4) is 0 Å². The lowest BCUT2D eigenvalue weighted by Gasteiger charge is -1.95. The molecular weight excluding hydrogens is 138 g/mol. The molecule has 4 heteroatoms. The summed E-state index contributed by atoms with van der Waals surface area (Å²) in [5.41, 5.74) is 2.37. The minimum absolute atomic E-state index is 0.572. The van der Waals surface area contributed by atoms with Gasteiger partial charge in [0.15, 0.2) is 0 Å². The van der Waals surface area contributed by atoms with Crippen LogP contribution in [0.25, 0.3) is 0 Å². The summed E-state index contributed by atoms with van der Waals surface area (Å²) in [6, 6.07) is 3.32. The third kappa shape index (κ3) is 1.55. The molecule has 0 spiro atoms. The van der Waals surface area contributed by atoms with Crippen LogP contribution in [0, 0.1) is 0 Å². The van der Waals surface area contributed by atoms with Crippen molar-refractivity contribution in [3.05, 3.63) is 23.4 Å². The fourth-order valence-electron chi connectivity index (χ4n) is 0.484. The first kappa shape index (κ1) is 6.32. The minimum atomic E-state index is 0.572. The highest BCUT2D eigenvalue weighted by molar-refractivity contribution is 6.30. The van der Waals surface area contributed by atoms with E-state index in [0.29, 0.717) is 10.8 Å². The van der Waals surface area contributed by atoms with Gasteiger partial charge in [-0.05, 0) is 6.07 Å². The van der Waals surface area contributed by atoms with Gasteiger partial charge < -0.3 is 5.43 Å². The highest BCUT2D eigenvalue weighted by Gasteiger charge is 1.88. The summed E-state index contributed by atoms with van der Waals surface area (Å²) in [7, 11) is 0. The lowest BCUT2D eigenvalue weighted by atomic mass is 10.5. The third-order valence-electron chi connectivity index (χ3n) is 0.870. The first-order valence-corrected chi connectivity index (χ1v) is 2.79. The molecule has 1 rings (SSSR count). The molecule has 0 atom stereocenters. The van der Waals surface area contributed by atoms with E-state index in [1.165, 1.54) is 0 Å². The fourth-order valence-corrected chi connectivity index (χ4v) is 0.643. The van der Waals surface area contributed by atoms with Crippen LogP contribution in [0.5, 0.6) is 0 Å². The summed E-state index contributed by atoms with van der Waals surface area (Å²) >= 11 is 5.59. The number of halogens is 1. The molecule has 0 amide bonds. The van der Waals surface area contributed by atoms with Crippen LogP contribution in [-0.4, -0.2) is 4.98 Å². The molecular formula is C5H6ClN3. The number of hydrogen-bond acceptors (Lipinski definition) is 3. The van der Waals surface area contributed by atoms with Gasteiger partial charge in [-0.3, -0.25) is 0 Å². The molecule has 1 heterocycles. The van der Waals surface area contributed by atoms with Crippen LogP contribution in [0.15, 0.2) is 18.3 Å². The molecule has 0 fully saturated rings. The predicted octanol–water partition coefficient (Wildman–Crippen LogP) is 1.02. The smallest absolute Gasteiger partial charge is 0.141 e. The maximum absolute atomic E-state index is 5.59. The topological polar surface area (TPSA) is 50.9 Å². The first-order chi connectivity index (χ1) is 4.33. The van der Waals surface area contributed by atoms with Crippen LogP contribution < -0.4 is 11.3 Å². The van der Waals surface area contributed by atoms with Crippen molar-refractivity contribution in [1.82, 2.24) is 4.98 Å². The lowest BCUT2D eigenvalue weighted by molar-refractivity contribution is 1.23. The zero-order valence-electron chi connectivity index (χ0n) is 4.63. The number of rotatable bonds is 1. The molecule has 48 valence electrons. The molecule has 1 aromatic heterocycles. The molecule has 0 aromatic carbocycles. The van der Waals surface area contributed by atoms with Gasteiger partial charge in [0, 0.05) is 17.3 Å². The van der Waals surface area contributed by atoms with Crippen LogP contribution in [0.4, 0.5) is 5.82 Å². The van der Waals surface area contributed by atoms with Crippen molar-refractivity contribution < 1.29 is 0 Å². The highest BCUT2D eigenvalue weighted by Crippen LogP contribution is 2.09. The van der Waals surface area contributed by atoms with E-state index in [0.717, 1.165) is 0 Å². The number of hydrogen-bond donors (Lipinski definition) is 2. The van der Waals surface area contributed by atoms with Gasteiger partial charge in [-0.1, -0.05) is 11.6 Å². The molecule has 9 heavy (non-hydrogen) atoms. The number of nitrogens with two attached hydrogens (primary N) is 1. The van der Waals surface area contributed by atoms with Crippen LogP contribution >= 0.6 is 11.6 Å². The van der Waals surface area contributed by atoms with E-state index in [4.69, 9.17) is 17.4 Å². The van der Waals surface area contributed by atoms with Gasteiger partial charge >= 0.3 is 0 Å². The number of aromatic nitrogens is 1. The van der Waals surface area contributed by atoms with Gasteiger partial charge in [0.2, 0.25) is 0 Å². The molecule has 0 bridgehead atoms. The number of nitrogen functional groups attached to an aromatic ring is 1. The first-order valence-electron chi connectivity index (χ1n) is 2.41. The van der Waals surface area contributed by atoms with Gasteiger partial charge in [0.25, 0.3) is 0 Å². The molecule has 1 aromatic rings. The second-order valence-electron chi connectivity index (χ2n) is 1.50. The van der Waals surface area contributed by atoms with E-state index in [9.17, 15) is 0 Å². The third-order valence-corrected chi connectivity index (χ3v) is 1.10. The molecule has 0 aliphatic carbocycles. The van der Waals surface area contributed by atoms with Gasteiger partial charge in [0.1, 0.15) is 5.82 Å². The Morgan fingerprint density at radius 3 is 2.89 bits per heavy atom. The number of anilines is 1. The molecule has 3 nitrogen and oxygen atoms in total. The Labute approximate surface area is 57.8 Å². The summed E-state index contributed by atoms with van der Waals surface area (Å²) < 4.78 is 0. The highest BCUT2D eigenvalue weighted by atomic mass is 35.5. The SMILES string of the molecule is NNc1cc(Cl)ccn1. The standard InChI is InChI=1S/C5H6ClN3/c6-4-1-2-8-5(3-4)9-7/h1-3H,7H2,(H,8,9). The van der Waals surface area contributed by atoms with E-state index in [-0.39, 0.29) is 0 Å². The Morgan fingerprint density at radius 1 is 1.67 bits per heavy atom. The van der Waals surface area contributed by atoms with E-state index < -0.39 is 0 Å². The van der Waals surface area contributed by atoms with E-state index in [1.54, 1.807) is 18.3 Å². The van der Waals surface area contributed by atoms with Crippen molar-refractivity contribution in [2.24, 2.45) is 5.84 Å². The van der Waals surface area contributed by atoms with E-state index in [2.05, 4.69) is 10.4 Å². The van der Waals surface area contributed by atoms with Crippen molar-refractivity contribution >= 4 is 17.4 Å². The van der Waals surface area contributed by atoms with Crippen molar-refractivity contribution in [2.75, 3.05) is 5.43 Å². The van der Waals surface area contributed by atoms with E-state index in [1.807, 2.05) is 0 Å². The number of nitrogens with zero attached hydrogens (tertiary/aromatic N) is 1. The summed E-state index contributed by atoms with van der Waals surface area (Å²) in [4.78, 5) is 3.84. The normalized spacial score (nSPS) is 9.11. The average Bonchev–Trinajstić information content (AvgIpc) is 1.88. The second-order valence-corrected chi connectivity index (χ2v) is 1.94. The summed E-state index contributed by atoms with van der Waals surface area (Å²) in [5.74, 6) is 5.62. The van der Waals surface area contributed by atoms with Gasteiger partial charge in [-0.15, -0.1) is 0 Å². The van der Waals surface area contributed by atoms with Gasteiger partial charge in [0.05, 0.1) is 0 Å². The van der Waals surface area contributed by atoms with E-state index >= 15 is 0 Å². The lowest BCUT2D eigenvalue weighted by Crippen LogP contribution is -2.07. The minimum Gasteiger partial charge on any atom is -0.308 e. The fraction of sp³-hybridized carbons (Fsp3) is 0. The zero-order valence-corrected chi connectivity index (χ0v) is 5.39. The maximum Gasteiger partial charge on any atom is 0.141 e. The number of nitrogens with one attached hydrogen (secondary N) is 1. The number of pyridine rings is 1. The van der Waals surface area contributed by atoms with Crippen LogP contribution in [0.2, 0.25) is 5.02 Å². The second kappa shape index (κ2) is 2.66. The van der Waals surface area contributed by atoms with Gasteiger partial charge in [-0.25, -0.2) is 10.8 Å². The molecule has 0 radical (unpaired) electrons. The monoisotopic (exact) mass is 143 g/mol. The Morgan fingerprint density at radius 2 is 2.44 bits per heavy atom. The average molecular weight is 144 g/mol. The molecule has 0 saturated carbocycles.